The Bertz CT molecular complexity index is 371. The SMILES string of the molecule is CNC(C)C(c1nc(OC)ncc1Cl)C(C)C. The maximum absolute atomic E-state index is 6.18. The molecule has 0 radical (unpaired) electrons. The van der Waals surface area contributed by atoms with Gasteiger partial charge in [-0.3, -0.25) is 0 Å². The van der Waals surface area contributed by atoms with E-state index in [4.69, 9.17) is 16.3 Å². The van der Waals surface area contributed by atoms with Gasteiger partial charge in [-0.05, 0) is 19.9 Å². The van der Waals surface area contributed by atoms with Gasteiger partial charge in [-0.1, -0.05) is 25.4 Å². The van der Waals surface area contributed by atoms with Crippen molar-refractivity contribution in [1.29, 1.82) is 0 Å². The van der Waals surface area contributed by atoms with Crippen LogP contribution in [-0.4, -0.2) is 30.2 Å². The molecule has 0 bridgehead atoms. The summed E-state index contributed by atoms with van der Waals surface area (Å²) in [4.78, 5) is 8.37. The number of nitrogens with one attached hydrogen (secondary N) is 1. The third kappa shape index (κ3) is 3.30. The molecule has 1 aromatic heterocycles. The predicted octanol–water partition coefficient (Wildman–Crippen LogP) is 2.49. The van der Waals surface area contributed by atoms with E-state index in [-0.39, 0.29) is 12.0 Å². The van der Waals surface area contributed by atoms with Crippen molar-refractivity contribution < 1.29 is 4.74 Å². The normalized spacial score (nSPS) is 14.8. The van der Waals surface area contributed by atoms with Crippen molar-refractivity contribution in [3.05, 3.63) is 16.9 Å². The lowest BCUT2D eigenvalue weighted by Crippen LogP contribution is -2.32. The average molecular weight is 258 g/mol. The molecule has 0 aromatic carbocycles. The summed E-state index contributed by atoms with van der Waals surface area (Å²) in [6.45, 7) is 6.43. The zero-order valence-electron chi connectivity index (χ0n) is 11.0. The highest BCUT2D eigenvalue weighted by molar-refractivity contribution is 6.31. The van der Waals surface area contributed by atoms with Crippen LogP contribution in [0.4, 0.5) is 0 Å². The molecule has 1 N–H and O–H groups in total. The maximum atomic E-state index is 6.18. The first-order valence-corrected chi connectivity index (χ1v) is 6.12. The highest BCUT2D eigenvalue weighted by Gasteiger charge is 2.26. The molecule has 0 amide bonds. The van der Waals surface area contributed by atoms with Gasteiger partial charge < -0.3 is 10.1 Å². The minimum Gasteiger partial charge on any atom is -0.467 e. The summed E-state index contributed by atoms with van der Waals surface area (Å²) in [6, 6.07) is 0.644. The van der Waals surface area contributed by atoms with Gasteiger partial charge in [-0.15, -0.1) is 0 Å². The fraction of sp³-hybridized carbons (Fsp3) is 0.667. The van der Waals surface area contributed by atoms with Gasteiger partial charge in [0.15, 0.2) is 0 Å². The molecule has 0 aliphatic rings. The second-order valence-electron chi connectivity index (χ2n) is 4.44. The van der Waals surface area contributed by atoms with E-state index in [0.29, 0.717) is 17.0 Å². The van der Waals surface area contributed by atoms with E-state index < -0.39 is 0 Å². The second-order valence-corrected chi connectivity index (χ2v) is 4.84. The van der Waals surface area contributed by atoms with Crippen LogP contribution in [0.3, 0.4) is 0 Å². The molecule has 0 fully saturated rings. The Morgan fingerprint density at radius 1 is 1.35 bits per heavy atom. The summed E-state index contributed by atoms with van der Waals surface area (Å²) in [5, 5.41) is 3.84. The van der Waals surface area contributed by atoms with Crippen LogP contribution in [0.2, 0.25) is 5.02 Å². The molecule has 2 atom stereocenters. The summed E-state index contributed by atoms with van der Waals surface area (Å²) >= 11 is 6.18. The van der Waals surface area contributed by atoms with E-state index in [1.165, 1.54) is 0 Å². The Hall–Kier alpha value is -0.870. The molecule has 0 saturated carbocycles. The smallest absolute Gasteiger partial charge is 0.316 e. The first-order valence-electron chi connectivity index (χ1n) is 5.75. The fourth-order valence-electron chi connectivity index (χ4n) is 2.00. The van der Waals surface area contributed by atoms with Crippen molar-refractivity contribution in [2.24, 2.45) is 5.92 Å². The molecule has 5 heteroatoms. The largest absolute Gasteiger partial charge is 0.467 e. The Morgan fingerprint density at radius 3 is 2.47 bits per heavy atom. The number of methoxy groups -OCH3 is 1. The Labute approximate surface area is 108 Å². The van der Waals surface area contributed by atoms with Gasteiger partial charge in [0.1, 0.15) is 0 Å². The van der Waals surface area contributed by atoms with Crippen molar-refractivity contribution in [1.82, 2.24) is 15.3 Å². The molecule has 96 valence electrons. The van der Waals surface area contributed by atoms with Crippen molar-refractivity contribution in [3.63, 3.8) is 0 Å². The van der Waals surface area contributed by atoms with Crippen LogP contribution in [0, 0.1) is 5.92 Å². The fourth-order valence-corrected chi connectivity index (χ4v) is 2.22. The molecule has 0 spiro atoms. The summed E-state index contributed by atoms with van der Waals surface area (Å²) in [7, 11) is 3.49. The van der Waals surface area contributed by atoms with Crippen LogP contribution in [-0.2, 0) is 0 Å². The lowest BCUT2D eigenvalue weighted by atomic mass is 9.86. The molecular weight excluding hydrogens is 238 g/mol. The van der Waals surface area contributed by atoms with E-state index in [1.54, 1.807) is 13.3 Å². The van der Waals surface area contributed by atoms with Crippen molar-refractivity contribution >= 4 is 11.6 Å². The number of halogens is 1. The Morgan fingerprint density at radius 2 is 2.00 bits per heavy atom. The summed E-state index contributed by atoms with van der Waals surface area (Å²) < 4.78 is 5.05. The number of likely N-dealkylation sites (N-methyl/N-ethyl adjacent to an activating group) is 1. The minimum atomic E-state index is 0.226. The van der Waals surface area contributed by atoms with Gasteiger partial charge in [0, 0.05) is 12.0 Å². The van der Waals surface area contributed by atoms with Crippen molar-refractivity contribution in [2.75, 3.05) is 14.2 Å². The monoisotopic (exact) mass is 257 g/mol. The second kappa shape index (κ2) is 6.17. The third-order valence-electron chi connectivity index (χ3n) is 2.96. The molecule has 0 aliphatic heterocycles. The third-order valence-corrected chi connectivity index (χ3v) is 3.25. The minimum absolute atomic E-state index is 0.226. The predicted molar refractivity (Wildman–Crippen MR) is 69.7 cm³/mol. The van der Waals surface area contributed by atoms with Crippen LogP contribution in [0.25, 0.3) is 0 Å². The van der Waals surface area contributed by atoms with Crippen LogP contribution in [0.5, 0.6) is 6.01 Å². The zero-order chi connectivity index (χ0) is 13.0. The van der Waals surface area contributed by atoms with Gasteiger partial charge >= 0.3 is 6.01 Å². The molecule has 0 saturated heterocycles. The van der Waals surface area contributed by atoms with Gasteiger partial charge in [-0.25, -0.2) is 4.98 Å². The summed E-state index contributed by atoms with van der Waals surface area (Å²) in [6.07, 6.45) is 1.60. The summed E-state index contributed by atoms with van der Waals surface area (Å²) in [5.41, 5.74) is 0.843. The number of ether oxygens (including phenoxy) is 1. The molecular formula is C12H20ClN3O. The maximum Gasteiger partial charge on any atom is 0.316 e. The molecule has 4 nitrogen and oxygen atoms in total. The number of aromatic nitrogens is 2. The van der Waals surface area contributed by atoms with E-state index in [9.17, 15) is 0 Å². The number of nitrogens with zero attached hydrogens (tertiary/aromatic N) is 2. The molecule has 1 rings (SSSR count). The van der Waals surface area contributed by atoms with Gasteiger partial charge in [-0.2, -0.15) is 4.98 Å². The highest BCUT2D eigenvalue weighted by Crippen LogP contribution is 2.31. The molecule has 1 aromatic rings. The average Bonchev–Trinajstić information content (AvgIpc) is 2.31. The van der Waals surface area contributed by atoms with Crippen LogP contribution in [0.1, 0.15) is 32.4 Å². The topological polar surface area (TPSA) is 47.0 Å². The zero-order valence-corrected chi connectivity index (χ0v) is 11.7. The van der Waals surface area contributed by atoms with Gasteiger partial charge in [0.05, 0.1) is 24.0 Å². The van der Waals surface area contributed by atoms with E-state index in [0.717, 1.165) is 5.69 Å². The quantitative estimate of drug-likeness (QED) is 0.880. The van der Waals surface area contributed by atoms with Gasteiger partial charge in [0.25, 0.3) is 0 Å². The molecule has 1 heterocycles. The van der Waals surface area contributed by atoms with Crippen molar-refractivity contribution in [2.45, 2.75) is 32.7 Å². The first-order chi connectivity index (χ1) is 8.01. The number of hydrogen-bond acceptors (Lipinski definition) is 4. The Balaban J connectivity index is 3.17. The van der Waals surface area contributed by atoms with Crippen LogP contribution >= 0.6 is 11.6 Å². The lowest BCUT2D eigenvalue weighted by molar-refractivity contribution is 0.359. The lowest BCUT2D eigenvalue weighted by Gasteiger charge is -2.27. The Kier molecular flexibility index (Phi) is 5.15. The standard InChI is InChI=1S/C12H20ClN3O/c1-7(2)10(8(3)14-4)11-9(13)6-15-12(16-11)17-5/h6-8,10,14H,1-5H3. The summed E-state index contributed by atoms with van der Waals surface area (Å²) in [5.74, 6) is 0.652. The first kappa shape index (κ1) is 14.2. The van der Waals surface area contributed by atoms with Crippen molar-refractivity contribution in [3.8, 4) is 6.01 Å². The highest BCUT2D eigenvalue weighted by atomic mass is 35.5. The number of rotatable bonds is 5. The molecule has 2 unspecified atom stereocenters. The molecule has 17 heavy (non-hydrogen) atoms. The molecule has 0 aliphatic carbocycles. The van der Waals surface area contributed by atoms with Gasteiger partial charge in [0.2, 0.25) is 0 Å². The van der Waals surface area contributed by atoms with Crippen LogP contribution in [0.15, 0.2) is 6.20 Å². The van der Waals surface area contributed by atoms with E-state index >= 15 is 0 Å². The van der Waals surface area contributed by atoms with Crippen LogP contribution < -0.4 is 10.1 Å². The number of hydrogen-bond donors (Lipinski definition) is 1. The van der Waals surface area contributed by atoms with E-state index in [2.05, 4.69) is 36.1 Å². The van der Waals surface area contributed by atoms with E-state index in [1.807, 2.05) is 7.05 Å².